The molecule has 1 aliphatic rings. The molecule has 0 saturated carbocycles. The van der Waals surface area contributed by atoms with Crippen LogP contribution in [-0.4, -0.2) is 34.8 Å². The van der Waals surface area contributed by atoms with Gasteiger partial charge in [0, 0.05) is 0 Å². The number of epoxide rings is 1. The van der Waals surface area contributed by atoms with Crippen molar-refractivity contribution in [2.24, 2.45) is 0 Å². The Morgan fingerprint density at radius 3 is 1.67 bits per heavy atom. The van der Waals surface area contributed by atoms with Crippen molar-refractivity contribution in [1.82, 2.24) is 0 Å². The molecule has 0 aromatic rings. The molecule has 1 fully saturated rings. The first-order valence-electron chi connectivity index (χ1n) is 3.74. The van der Waals surface area contributed by atoms with Gasteiger partial charge in [-0.05, 0) is 13.8 Å². The highest BCUT2D eigenvalue weighted by Crippen LogP contribution is 1.93. The number of ether oxygens (including phenoxy) is 1. The molecule has 0 unspecified atom stereocenters. The molecule has 0 N–H and O–H groups in total. The van der Waals surface area contributed by atoms with Gasteiger partial charge in [0.05, 0.1) is 26.4 Å². The first kappa shape index (κ1) is 11.8. The van der Waals surface area contributed by atoms with Gasteiger partial charge in [0.2, 0.25) is 0 Å². The molecule has 0 aromatic carbocycles. The maximum atomic E-state index is 10.4. The zero-order chi connectivity index (χ0) is 9.45. The minimum atomic E-state index is -3.68. The van der Waals surface area contributed by atoms with Crippen molar-refractivity contribution >= 4 is 10.4 Å². The Morgan fingerprint density at radius 1 is 1.17 bits per heavy atom. The molecular weight excluding hydrogens is 184 g/mol. The highest BCUT2D eigenvalue weighted by molar-refractivity contribution is 7.81. The molecule has 74 valence electrons. The second-order valence-corrected chi connectivity index (χ2v) is 3.12. The summed E-state index contributed by atoms with van der Waals surface area (Å²) in [6.45, 7) is 5.39. The minimum Gasteiger partial charge on any atom is -0.377 e. The first-order valence-corrected chi connectivity index (χ1v) is 5.07. The van der Waals surface area contributed by atoms with E-state index in [1.807, 2.05) is 0 Å². The maximum Gasteiger partial charge on any atom is 0.399 e. The summed E-state index contributed by atoms with van der Waals surface area (Å²) in [7, 11) is -3.68. The van der Waals surface area contributed by atoms with Gasteiger partial charge >= 0.3 is 10.4 Å². The van der Waals surface area contributed by atoms with Crippen molar-refractivity contribution in [3.05, 3.63) is 0 Å². The van der Waals surface area contributed by atoms with Crippen LogP contribution >= 0.6 is 0 Å². The van der Waals surface area contributed by atoms with Crippen LogP contribution in [-0.2, 0) is 23.5 Å². The molecule has 0 bridgehead atoms. The molecule has 0 spiro atoms. The molecule has 1 saturated heterocycles. The van der Waals surface area contributed by atoms with Crippen LogP contribution in [0.1, 0.15) is 13.8 Å². The fourth-order valence-electron chi connectivity index (χ4n) is 0.323. The van der Waals surface area contributed by atoms with E-state index in [2.05, 4.69) is 13.1 Å². The van der Waals surface area contributed by atoms with Crippen molar-refractivity contribution < 1.29 is 21.5 Å². The van der Waals surface area contributed by atoms with Gasteiger partial charge in [0.1, 0.15) is 0 Å². The molecule has 1 heterocycles. The van der Waals surface area contributed by atoms with E-state index >= 15 is 0 Å². The topological polar surface area (TPSA) is 65.1 Å². The van der Waals surface area contributed by atoms with E-state index in [9.17, 15) is 8.42 Å². The lowest BCUT2D eigenvalue weighted by Crippen LogP contribution is -2.09. The molecule has 0 aliphatic carbocycles. The van der Waals surface area contributed by atoms with Gasteiger partial charge < -0.3 is 4.74 Å². The van der Waals surface area contributed by atoms with Gasteiger partial charge in [-0.25, -0.2) is 8.37 Å². The molecule has 5 nitrogen and oxygen atoms in total. The molecule has 12 heavy (non-hydrogen) atoms. The Bertz CT molecular complexity index is 169. The van der Waals surface area contributed by atoms with Crippen LogP contribution in [0.2, 0.25) is 0 Å². The minimum absolute atomic E-state index is 0.113. The fourth-order valence-corrected chi connectivity index (χ4v) is 0.968. The normalized spacial score (nSPS) is 14.8. The SMILES string of the molecule is C1CO1.CCOS(=O)(=O)OCC. The average Bonchev–Trinajstić information content (AvgIpc) is 2.69. The molecular formula is C6H14O5S. The lowest BCUT2D eigenvalue weighted by molar-refractivity contribution is 0.231. The standard InChI is InChI=1S/C4H10O4S.C2H4O/c1-3-7-9(5,6)8-4-2;1-2-3-1/h3-4H2,1-2H3;1-2H2. The van der Waals surface area contributed by atoms with Crippen molar-refractivity contribution in [2.45, 2.75) is 13.8 Å². The summed E-state index contributed by atoms with van der Waals surface area (Å²) in [4.78, 5) is 0. The van der Waals surface area contributed by atoms with E-state index in [0.29, 0.717) is 0 Å². The highest BCUT2D eigenvalue weighted by atomic mass is 32.3. The van der Waals surface area contributed by atoms with Crippen molar-refractivity contribution in [3.63, 3.8) is 0 Å². The predicted octanol–water partition coefficient (Wildman–Crippen LogP) is 0.321. The summed E-state index contributed by atoms with van der Waals surface area (Å²) < 4.78 is 33.7. The average molecular weight is 198 g/mol. The van der Waals surface area contributed by atoms with Crippen LogP contribution in [0.15, 0.2) is 0 Å². The van der Waals surface area contributed by atoms with Crippen LogP contribution in [0.3, 0.4) is 0 Å². The van der Waals surface area contributed by atoms with Crippen LogP contribution in [0.4, 0.5) is 0 Å². The first-order chi connectivity index (χ1) is 5.62. The zero-order valence-electron chi connectivity index (χ0n) is 7.28. The third-order valence-electron chi connectivity index (χ3n) is 0.729. The summed E-state index contributed by atoms with van der Waals surface area (Å²) >= 11 is 0. The van der Waals surface area contributed by atoms with E-state index in [1.54, 1.807) is 13.8 Å². The van der Waals surface area contributed by atoms with Gasteiger partial charge in [0.15, 0.2) is 0 Å². The second kappa shape index (κ2) is 6.36. The van der Waals surface area contributed by atoms with E-state index in [0.717, 1.165) is 13.2 Å². The molecule has 1 rings (SSSR count). The van der Waals surface area contributed by atoms with E-state index in [1.165, 1.54) is 0 Å². The zero-order valence-corrected chi connectivity index (χ0v) is 8.09. The summed E-state index contributed by atoms with van der Waals surface area (Å²) in [6.07, 6.45) is 0. The Labute approximate surface area is 72.9 Å². The molecule has 6 heteroatoms. The molecule has 0 atom stereocenters. The number of hydrogen-bond acceptors (Lipinski definition) is 5. The Morgan fingerprint density at radius 2 is 1.50 bits per heavy atom. The predicted molar refractivity (Wildman–Crippen MR) is 43.0 cm³/mol. The summed E-state index contributed by atoms with van der Waals surface area (Å²) in [5.74, 6) is 0. The van der Waals surface area contributed by atoms with Gasteiger partial charge in [-0.2, -0.15) is 8.42 Å². The highest BCUT2D eigenvalue weighted by Gasteiger charge is 2.06. The monoisotopic (exact) mass is 198 g/mol. The number of rotatable bonds is 4. The van der Waals surface area contributed by atoms with Gasteiger partial charge in [0.25, 0.3) is 0 Å². The smallest absolute Gasteiger partial charge is 0.377 e. The third kappa shape index (κ3) is 9.83. The fraction of sp³-hybridized carbons (Fsp3) is 1.00. The summed E-state index contributed by atoms with van der Waals surface area (Å²) in [5, 5.41) is 0. The molecule has 0 radical (unpaired) electrons. The largest absolute Gasteiger partial charge is 0.399 e. The van der Waals surface area contributed by atoms with Crippen LogP contribution in [0.5, 0.6) is 0 Å². The van der Waals surface area contributed by atoms with E-state index in [-0.39, 0.29) is 13.2 Å². The summed E-state index contributed by atoms with van der Waals surface area (Å²) in [5.41, 5.74) is 0. The lowest BCUT2D eigenvalue weighted by atomic mass is 10.9. The van der Waals surface area contributed by atoms with Crippen LogP contribution < -0.4 is 0 Å². The van der Waals surface area contributed by atoms with Crippen molar-refractivity contribution in [2.75, 3.05) is 26.4 Å². The Hall–Kier alpha value is -0.170. The molecule has 1 aliphatic heterocycles. The Kier molecular flexibility index (Phi) is 6.27. The van der Waals surface area contributed by atoms with Gasteiger partial charge in [-0.1, -0.05) is 0 Å². The Balaban J connectivity index is 0.000000330. The van der Waals surface area contributed by atoms with Crippen molar-refractivity contribution in [3.8, 4) is 0 Å². The maximum absolute atomic E-state index is 10.4. The molecule has 0 amide bonds. The second-order valence-electron chi connectivity index (χ2n) is 1.83. The van der Waals surface area contributed by atoms with Gasteiger partial charge in [-0.3, -0.25) is 0 Å². The van der Waals surface area contributed by atoms with E-state index in [4.69, 9.17) is 0 Å². The van der Waals surface area contributed by atoms with Crippen LogP contribution in [0, 0.1) is 0 Å². The number of hydrogen-bond donors (Lipinski definition) is 0. The third-order valence-corrected chi connectivity index (χ3v) is 1.78. The van der Waals surface area contributed by atoms with Gasteiger partial charge in [-0.15, -0.1) is 0 Å². The lowest BCUT2D eigenvalue weighted by Gasteiger charge is -1.99. The van der Waals surface area contributed by atoms with Crippen molar-refractivity contribution in [1.29, 1.82) is 0 Å². The van der Waals surface area contributed by atoms with E-state index < -0.39 is 10.4 Å². The molecule has 0 aromatic heterocycles. The quantitative estimate of drug-likeness (QED) is 0.609. The van der Waals surface area contributed by atoms with Crippen LogP contribution in [0.25, 0.3) is 0 Å². The summed E-state index contributed by atoms with van der Waals surface area (Å²) in [6, 6.07) is 0.